The number of nitrogens with one attached hydrogen (secondary N) is 1. The van der Waals surface area contributed by atoms with Crippen LogP contribution < -0.4 is 5.32 Å². The van der Waals surface area contributed by atoms with Gasteiger partial charge in [-0.25, -0.2) is 4.98 Å². The second kappa shape index (κ2) is 4.97. The minimum atomic E-state index is 0.329. The van der Waals surface area contributed by atoms with E-state index in [9.17, 15) is 0 Å². The highest BCUT2D eigenvalue weighted by molar-refractivity contribution is 5.00. The maximum atomic E-state index is 5.53. The summed E-state index contributed by atoms with van der Waals surface area (Å²) >= 11 is 0. The molecule has 1 aromatic heterocycles. The van der Waals surface area contributed by atoms with Crippen molar-refractivity contribution in [3.8, 4) is 0 Å². The third-order valence-electron chi connectivity index (χ3n) is 3.22. The Morgan fingerprint density at radius 3 is 3.06 bits per heavy atom. The number of ether oxygens (including phenoxy) is 1. The fraction of sp³-hybridized carbons (Fsp3) is 0.750. The normalized spacial score (nSPS) is 25.5. The molecule has 1 fully saturated rings. The van der Waals surface area contributed by atoms with E-state index >= 15 is 0 Å². The molecule has 2 atom stereocenters. The third-order valence-corrected chi connectivity index (χ3v) is 3.22. The molecule has 1 saturated heterocycles. The number of aromatic nitrogens is 2. The number of imidazole rings is 1. The summed E-state index contributed by atoms with van der Waals surface area (Å²) in [6.07, 6.45) is 5.27. The fourth-order valence-electron chi connectivity index (χ4n) is 2.17. The van der Waals surface area contributed by atoms with Crippen LogP contribution in [-0.2, 0) is 11.3 Å². The molecule has 0 spiro atoms. The van der Waals surface area contributed by atoms with Crippen molar-refractivity contribution in [2.45, 2.75) is 51.9 Å². The van der Waals surface area contributed by atoms with Crippen molar-refractivity contribution < 1.29 is 4.74 Å². The lowest BCUT2D eigenvalue weighted by Gasteiger charge is -2.17. The van der Waals surface area contributed by atoms with Crippen molar-refractivity contribution in [2.75, 3.05) is 6.61 Å². The quantitative estimate of drug-likeness (QED) is 0.845. The summed E-state index contributed by atoms with van der Waals surface area (Å²) in [5, 5.41) is 3.54. The zero-order valence-electron chi connectivity index (χ0n) is 10.3. The SMILES string of the molecule is CC1OCCC1NCc1cncn1C(C)C. The maximum Gasteiger partial charge on any atom is 0.0951 e. The Labute approximate surface area is 97.0 Å². The van der Waals surface area contributed by atoms with E-state index in [1.165, 1.54) is 5.69 Å². The zero-order valence-corrected chi connectivity index (χ0v) is 10.3. The van der Waals surface area contributed by atoms with Crippen molar-refractivity contribution in [3.05, 3.63) is 18.2 Å². The van der Waals surface area contributed by atoms with Gasteiger partial charge in [0.05, 0.1) is 18.1 Å². The molecule has 90 valence electrons. The molecule has 16 heavy (non-hydrogen) atoms. The van der Waals surface area contributed by atoms with E-state index in [0.717, 1.165) is 19.6 Å². The van der Waals surface area contributed by atoms with Crippen LogP contribution in [0, 0.1) is 0 Å². The van der Waals surface area contributed by atoms with E-state index < -0.39 is 0 Å². The Morgan fingerprint density at radius 1 is 1.62 bits per heavy atom. The minimum Gasteiger partial charge on any atom is -0.377 e. The van der Waals surface area contributed by atoms with Crippen LogP contribution in [0.2, 0.25) is 0 Å². The number of hydrogen-bond donors (Lipinski definition) is 1. The molecule has 2 unspecified atom stereocenters. The number of rotatable bonds is 4. The van der Waals surface area contributed by atoms with Gasteiger partial charge in [-0.2, -0.15) is 0 Å². The summed E-state index contributed by atoms with van der Waals surface area (Å²) in [5.41, 5.74) is 1.24. The molecule has 1 aliphatic heterocycles. The highest BCUT2D eigenvalue weighted by atomic mass is 16.5. The zero-order chi connectivity index (χ0) is 11.5. The Balaban J connectivity index is 1.91. The van der Waals surface area contributed by atoms with Crippen LogP contribution >= 0.6 is 0 Å². The summed E-state index contributed by atoms with van der Waals surface area (Å²) in [5.74, 6) is 0. The lowest BCUT2D eigenvalue weighted by Crippen LogP contribution is -2.34. The Morgan fingerprint density at radius 2 is 2.44 bits per heavy atom. The average molecular weight is 223 g/mol. The lowest BCUT2D eigenvalue weighted by atomic mass is 10.1. The van der Waals surface area contributed by atoms with Crippen molar-refractivity contribution >= 4 is 0 Å². The first kappa shape index (κ1) is 11.6. The van der Waals surface area contributed by atoms with E-state index in [2.05, 4.69) is 35.6 Å². The van der Waals surface area contributed by atoms with Gasteiger partial charge in [-0.05, 0) is 27.2 Å². The molecule has 0 saturated carbocycles. The minimum absolute atomic E-state index is 0.329. The summed E-state index contributed by atoms with van der Waals surface area (Å²) in [4.78, 5) is 4.20. The molecule has 2 rings (SSSR count). The molecule has 1 aliphatic rings. The standard InChI is InChI=1S/C12H21N3O/c1-9(2)15-8-13-6-11(15)7-14-12-4-5-16-10(12)3/h6,8-10,12,14H,4-5,7H2,1-3H3. The van der Waals surface area contributed by atoms with E-state index in [0.29, 0.717) is 18.2 Å². The van der Waals surface area contributed by atoms with Gasteiger partial charge in [-0.15, -0.1) is 0 Å². The van der Waals surface area contributed by atoms with E-state index in [-0.39, 0.29) is 0 Å². The first-order chi connectivity index (χ1) is 7.68. The van der Waals surface area contributed by atoms with Crippen LogP contribution in [0.4, 0.5) is 0 Å². The Kier molecular flexibility index (Phi) is 3.61. The van der Waals surface area contributed by atoms with Gasteiger partial charge in [0.15, 0.2) is 0 Å². The molecule has 0 aliphatic carbocycles. The second-order valence-electron chi connectivity index (χ2n) is 4.74. The molecule has 0 aromatic carbocycles. The molecule has 2 heterocycles. The lowest BCUT2D eigenvalue weighted by molar-refractivity contribution is 0.113. The molecule has 0 amide bonds. The van der Waals surface area contributed by atoms with E-state index in [1.807, 2.05) is 12.5 Å². The van der Waals surface area contributed by atoms with E-state index in [1.54, 1.807) is 0 Å². The van der Waals surface area contributed by atoms with Crippen LogP contribution in [0.1, 0.15) is 38.9 Å². The second-order valence-corrected chi connectivity index (χ2v) is 4.74. The van der Waals surface area contributed by atoms with Crippen molar-refractivity contribution in [1.29, 1.82) is 0 Å². The average Bonchev–Trinajstić information content (AvgIpc) is 2.83. The van der Waals surface area contributed by atoms with Gasteiger partial charge < -0.3 is 14.6 Å². The molecule has 0 radical (unpaired) electrons. The highest BCUT2D eigenvalue weighted by Gasteiger charge is 2.23. The summed E-state index contributed by atoms with van der Waals surface area (Å²) < 4.78 is 7.73. The molecule has 1 N–H and O–H groups in total. The van der Waals surface area contributed by atoms with Gasteiger partial charge in [0.1, 0.15) is 0 Å². The maximum absolute atomic E-state index is 5.53. The van der Waals surface area contributed by atoms with Crippen LogP contribution in [0.5, 0.6) is 0 Å². The third kappa shape index (κ3) is 2.44. The monoisotopic (exact) mass is 223 g/mol. The van der Waals surface area contributed by atoms with Crippen molar-refractivity contribution in [3.63, 3.8) is 0 Å². The van der Waals surface area contributed by atoms with Gasteiger partial charge in [0, 0.05) is 31.4 Å². The Hall–Kier alpha value is -0.870. The number of hydrogen-bond acceptors (Lipinski definition) is 3. The fourth-order valence-corrected chi connectivity index (χ4v) is 2.17. The molecule has 4 nitrogen and oxygen atoms in total. The summed E-state index contributed by atoms with van der Waals surface area (Å²) in [6, 6.07) is 0.951. The molecule has 1 aromatic rings. The van der Waals surface area contributed by atoms with Crippen LogP contribution in [0.25, 0.3) is 0 Å². The van der Waals surface area contributed by atoms with Crippen molar-refractivity contribution in [2.24, 2.45) is 0 Å². The first-order valence-electron chi connectivity index (χ1n) is 6.04. The largest absolute Gasteiger partial charge is 0.377 e. The topological polar surface area (TPSA) is 39.1 Å². The summed E-state index contributed by atoms with van der Waals surface area (Å²) in [7, 11) is 0. The molecular weight excluding hydrogens is 202 g/mol. The first-order valence-corrected chi connectivity index (χ1v) is 6.04. The number of nitrogens with zero attached hydrogens (tertiary/aromatic N) is 2. The predicted molar refractivity (Wildman–Crippen MR) is 63.3 cm³/mol. The van der Waals surface area contributed by atoms with Crippen LogP contribution in [0.15, 0.2) is 12.5 Å². The highest BCUT2D eigenvalue weighted by Crippen LogP contribution is 2.14. The van der Waals surface area contributed by atoms with E-state index in [4.69, 9.17) is 4.74 Å². The van der Waals surface area contributed by atoms with Gasteiger partial charge in [-0.3, -0.25) is 0 Å². The summed E-state index contributed by atoms with van der Waals surface area (Å²) in [6.45, 7) is 8.22. The molecular formula is C12H21N3O. The Bertz CT molecular complexity index is 335. The van der Waals surface area contributed by atoms with Gasteiger partial charge >= 0.3 is 0 Å². The van der Waals surface area contributed by atoms with Gasteiger partial charge in [0.2, 0.25) is 0 Å². The molecule has 4 heteroatoms. The van der Waals surface area contributed by atoms with Crippen molar-refractivity contribution in [1.82, 2.24) is 14.9 Å². The van der Waals surface area contributed by atoms with Crippen LogP contribution in [-0.4, -0.2) is 28.3 Å². The smallest absolute Gasteiger partial charge is 0.0951 e. The molecule has 0 bridgehead atoms. The van der Waals surface area contributed by atoms with Crippen LogP contribution in [0.3, 0.4) is 0 Å². The van der Waals surface area contributed by atoms with Gasteiger partial charge in [-0.1, -0.05) is 0 Å². The van der Waals surface area contributed by atoms with Gasteiger partial charge in [0.25, 0.3) is 0 Å². The predicted octanol–water partition coefficient (Wildman–Crippen LogP) is 1.73.